The topological polar surface area (TPSA) is 103 Å². The van der Waals surface area contributed by atoms with E-state index >= 15 is 4.39 Å². The average Bonchev–Trinajstić information content (AvgIpc) is 3.49. The van der Waals surface area contributed by atoms with E-state index in [0.717, 1.165) is 51.6 Å². The van der Waals surface area contributed by atoms with Crippen molar-refractivity contribution in [2.45, 2.75) is 56.3 Å². The third kappa shape index (κ3) is 5.41. The molecule has 1 aliphatic carbocycles. The maximum Gasteiger partial charge on any atom is 0.279 e. The van der Waals surface area contributed by atoms with Gasteiger partial charge in [0.15, 0.2) is 5.82 Å². The van der Waals surface area contributed by atoms with E-state index in [1.165, 1.54) is 25.3 Å². The van der Waals surface area contributed by atoms with Gasteiger partial charge in [0.2, 0.25) is 5.95 Å². The van der Waals surface area contributed by atoms with E-state index in [1.807, 2.05) is 4.90 Å². The van der Waals surface area contributed by atoms with Crippen LogP contribution in [0, 0.1) is 12.3 Å². The van der Waals surface area contributed by atoms with Crippen molar-refractivity contribution in [2.75, 3.05) is 56.0 Å². The van der Waals surface area contributed by atoms with Gasteiger partial charge in [-0.2, -0.15) is 4.98 Å². The number of piperidine rings is 1. The summed E-state index contributed by atoms with van der Waals surface area (Å²) in [6.07, 6.45) is 12.6. The second-order valence-electron chi connectivity index (χ2n) is 10.9. The molecule has 2 aromatic rings. The van der Waals surface area contributed by atoms with Crippen molar-refractivity contribution in [3.05, 3.63) is 30.0 Å². The summed E-state index contributed by atoms with van der Waals surface area (Å²) in [5, 5.41) is 6.29. The molecule has 10 nitrogen and oxygen atoms in total. The Bertz CT molecular complexity index is 1320. The molecule has 1 saturated carbocycles. The Morgan fingerprint density at radius 1 is 1.20 bits per heavy atom. The van der Waals surface area contributed by atoms with Gasteiger partial charge in [0.05, 0.1) is 25.5 Å². The minimum atomic E-state index is -2.47. The van der Waals surface area contributed by atoms with E-state index in [0.29, 0.717) is 28.5 Å². The molecule has 5 rings (SSSR count). The van der Waals surface area contributed by atoms with E-state index < -0.39 is 11.6 Å². The second kappa shape index (κ2) is 11.3. The second-order valence-corrected chi connectivity index (χ2v) is 10.9. The summed E-state index contributed by atoms with van der Waals surface area (Å²) < 4.78 is 21.3. The van der Waals surface area contributed by atoms with Gasteiger partial charge >= 0.3 is 0 Å². The molecule has 3 aliphatic rings. The SMILES string of the molecule is C#C[C@@]1(F)CN(C2CCCC2)c2nc(Nc3ccc(C(=O)NC4CCN(C)CC4)cc3OC)ncc2N(C)C1=O. The molecule has 2 aliphatic heterocycles. The van der Waals surface area contributed by atoms with E-state index in [1.54, 1.807) is 18.2 Å². The van der Waals surface area contributed by atoms with Gasteiger partial charge in [0.1, 0.15) is 11.4 Å². The Hall–Kier alpha value is -3.91. The number of amides is 2. The van der Waals surface area contributed by atoms with Gasteiger partial charge in [-0.05, 0) is 64.0 Å². The molecule has 40 heavy (non-hydrogen) atoms. The highest BCUT2D eigenvalue weighted by molar-refractivity contribution is 6.05. The standard InChI is InChI=1S/C29H36FN7O3/c1-5-29(30)18-37(21-8-6-7-9-21)25-23(36(3)27(29)39)17-31-28(34-25)33-22-11-10-19(16-24(22)40-4)26(38)32-20-12-14-35(2)15-13-20/h1,10-11,16-17,20-21H,6-9,12-15,18H2,2-4H3,(H,32,38)(H,31,33,34)/t29-/m1/s1. The lowest BCUT2D eigenvalue weighted by Crippen LogP contribution is -2.50. The van der Waals surface area contributed by atoms with Crippen molar-refractivity contribution in [2.24, 2.45) is 0 Å². The number of carbonyl (C=O) groups excluding carboxylic acids is 2. The highest BCUT2D eigenvalue weighted by Crippen LogP contribution is 2.39. The molecule has 1 aromatic heterocycles. The van der Waals surface area contributed by atoms with Gasteiger partial charge < -0.3 is 30.1 Å². The number of rotatable bonds is 6. The fourth-order valence-corrected chi connectivity index (χ4v) is 5.73. The zero-order chi connectivity index (χ0) is 28.4. The average molecular weight is 550 g/mol. The molecule has 1 saturated heterocycles. The molecular formula is C29H36FN7O3. The van der Waals surface area contributed by atoms with Crippen LogP contribution < -0.4 is 25.2 Å². The van der Waals surface area contributed by atoms with E-state index in [4.69, 9.17) is 16.1 Å². The first-order chi connectivity index (χ1) is 19.2. The van der Waals surface area contributed by atoms with Crippen LogP contribution in [0.4, 0.5) is 27.5 Å². The van der Waals surface area contributed by atoms with Crippen LogP contribution in [0.2, 0.25) is 0 Å². The summed E-state index contributed by atoms with van der Waals surface area (Å²) in [4.78, 5) is 40.3. The van der Waals surface area contributed by atoms with E-state index in [9.17, 15) is 9.59 Å². The summed E-state index contributed by atoms with van der Waals surface area (Å²) in [5.41, 5.74) is -1.03. The van der Waals surface area contributed by atoms with Gasteiger partial charge in [-0.25, -0.2) is 9.37 Å². The fourth-order valence-electron chi connectivity index (χ4n) is 5.73. The number of terminal acetylenes is 1. The molecule has 2 N–H and O–H groups in total. The molecule has 1 aromatic carbocycles. The van der Waals surface area contributed by atoms with Crippen LogP contribution in [0.5, 0.6) is 5.75 Å². The third-order valence-electron chi connectivity index (χ3n) is 8.17. The van der Waals surface area contributed by atoms with Gasteiger partial charge in [-0.3, -0.25) is 9.59 Å². The molecular weight excluding hydrogens is 513 g/mol. The van der Waals surface area contributed by atoms with Crippen molar-refractivity contribution in [1.29, 1.82) is 0 Å². The molecule has 3 heterocycles. The molecule has 0 spiro atoms. The quantitative estimate of drug-likeness (QED) is 0.530. The summed E-state index contributed by atoms with van der Waals surface area (Å²) in [7, 11) is 5.10. The first kappa shape index (κ1) is 27.6. The molecule has 11 heteroatoms. The Morgan fingerprint density at radius 3 is 2.60 bits per heavy atom. The van der Waals surface area contributed by atoms with Crippen molar-refractivity contribution >= 4 is 35.0 Å². The Labute approximate surface area is 234 Å². The molecule has 212 valence electrons. The smallest absolute Gasteiger partial charge is 0.279 e. The van der Waals surface area contributed by atoms with Crippen LogP contribution >= 0.6 is 0 Å². The first-order valence-electron chi connectivity index (χ1n) is 13.8. The number of anilines is 4. The number of ether oxygens (including phenoxy) is 1. The number of methoxy groups -OCH3 is 1. The zero-order valence-electron chi connectivity index (χ0n) is 23.2. The lowest BCUT2D eigenvalue weighted by Gasteiger charge is -2.32. The van der Waals surface area contributed by atoms with Crippen LogP contribution in [0.3, 0.4) is 0 Å². The molecule has 2 amide bonds. The largest absolute Gasteiger partial charge is 0.495 e. The number of hydrogen-bond acceptors (Lipinski definition) is 8. The summed E-state index contributed by atoms with van der Waals surface area (Å²) in [5.74, 6) is 2.27. The van der Waals surface area contributed by atoms with Crippen LogP contribution in [0.15, 0.2) is 24.4 Å². The number of hydrogen-bond donors (Lipinski definition) is 2. The van der Waals surface area contributed by atoms with Crippen molar-refractivity contribution in [3.63, 3.8) is 0 Å². The van der Waals surface area contributed by atoms with E-state index in [-0.39, 0.29) is 30.5 Å². The minimum absolute atomic E-state index is 0.0150. The van der Waals surface area contributed by atoms with Gasteiger partial charge in [-0.15, -0.1) is 6.42 Å². The Kier molecular flexibility index (Phi) is 7.81. The lowest BCUT2D eigenvalue weighted by molar-refractivity contribution is -0.125. The number of nitrogens with zero attached hydrogens (tertiary/aromatic N) is 5. The maximum absolute atomic E-state index is 15.7. The maximum atomic E-state index is 15.7. The minimum Gasteiger partial charge on any atom is -0.495 e. The van der Waals surface area contributed by atoms with Crippen molar-refractivity contribution < 1.29 is 18.7 Å². The number of carbonyl (C=O) groups is 2. The van der Waals surface area contributed by atoms with Crippen molar-refractivity contribution in [1.82, 2.24) is 20.2 Å². The molecule has 0 bridgehead atoms. The first-order valence-corrected chi connectivity index (χ1v) is 13.8. The lowest BCUT2D eigenvalue weighted by atomic mass is 10.0. The number of alkyl halides is 1. The van der Waals surface area contributed by atoms with Crippen molar-refractivity contribution in [3.8, 4) is 18.1 Å². The number of benzene rings is 1. The Morgan fingerprint density at radius 2 is 1.93 bits per heavy atom. The normalized spacial score (nSPS) is 22.4. The highest BCUT2D eigenvalue weighted by atomic mass is 19.1. The predicted molar refractivity (Wildman–Crippen MR) is 152 cm³/mol. The van der Waals surface area contributed by atoms with Gasteiger partial charge in [-0.1, -0.05) is 18.8 Å². The summed E-state index contributed by atoms with van der Waals surface area (Å²) >= 11 is 0. The highest BCUT2D eigenvalue weighted by Gasteiger charge is 2.47. The predicted octanol–water partition coefficient (Wildman–Crippen LogP) is 3.12. The van der Waals surface area contributed by atoms with Gasteiger partial charge in [0, 0.05) is 24.7 Å². The molecule has 2 fully saturated rings. The number of aromatic nitrogens is 2. The zero-order valence-corrected chi connectivity index (χ0v) is 23.2. The van der Waals surface area contributed by atoms with Crippen LogP contribution in [-0.4, -0.2) is 85.3 Å². The third-order valence-corrected chi connectivity index (χ3v) is 8.17. The molecule has 0 radical (unpaired) electrons. The Balaban J connectivity index is 1.40. The van der Waals surface area contributed by atoms with Gasteiger partial charge in [0.25, 0.3) is 17.5 Å². The van der Waals surface area contributed by atoms with Crippen LogP contribution in [0.25, 0.3) is 0 Å². The van der Waals surface area contributed by atoms with Crippen LogP contribution in [-0.2, 0) is 4.79 Å². The number of likely N-dealkylation sites (tertiary alicyclic amines) is 1. The number of nitrogens with one attached hydrogen (secondary N) is 2. The number of halogens is 1. The number of fused-ring (bicyclic) bond motifs is 1. The van der Waals surface area contributed by atoms with Crippen LogP contribution in [0.1, 0.15) is 48.9 Å². The van der Waals surface area contributed by atoms with E-state index in [2.05, 4.69) is 33.5 Å². The monoisotopic (exact) mass is 549 g/mol. The molecule has 0 unspecified atom stereocenters. The fraction of sp³-hybridized carbons (Fsp3) is 0.517. The molecule has 1 atom stereocenters. The summed E-state index contributed by atoms with van der Waals surface area (Å²) in [6.45, 7) is 1.63. The summed E-state index contributed by atoms with van der Waals surface area (Å²) in [6, 6.07) is 5.30.